The lowest BCUT2D eigenvalue weighted by Crippen LogP contribution is -2.29. The molecule has 4 heteroatoms. The summed E-state index contributed by atoms with van der Waals surface area (Å²) in [4.78, 5) is 11.8. The van der Waals surface area contributed by atoms with Gasteiger partial charge in [-0.3, -0.25) is 4.79 Å². The van der Waals surface area contributed by atoms with Gasteiger partial charge in [-0.15, -0.1) is 0 Å². The molecule has 1 aromatic rings. The van der Waals surface area contributed by atoms with E-state index in [0.29, 0.717) is 24.2 Å². The fraction of sp³-hybridized carbons (Fsp3) is 0.533. The number of rotatable bonds is 6. The summed E-state index contributed by atoms with van der Waals surface area (Å²) in [7, 11) is 0. The number of aryl methyl sites for hydroxylation is 2. The van der Waals surface area contributed by atoms with Gasteiger partial charge in [0, 0.05) is 12.5 Å². The van der Waals surface area contributed by atoms with E-state index < -0.39 is 0 Å². The van der Waals surface area contributed by atoms with Crippen LogP contribution in [-0.4, -0.2) is 12.5 Å². The average Bonchev–Trinajstić information content (AvgIpc) is 2.39. The maximum absolute atomic E-state index is 13.5. The molecule has 0 aliphatic rings. The van der Waals surface area contributed by atoms with Crippen LogP contribution in [-0.2, 0) is 11.3 Å². The van der Waals surface area contributed by atoms with Crippen molar-refractivity contribution in [1.82, 2.24) is 5.32 Å². The molecule has 1 unspecified atom stereocenters. The zero-order valence-electron chi connectivity index (χ0n) is 11.9. The standard InChI is InChI=1S/C15H23FN2O/c1-10(5-4-6-17)15(19)18-9-13-7-11(2)14(16)12(3)8-13/h7-8,10H,4-6,9,17H2,1-3H3,(H,18,19). The minimum absolute atomic E-state index is 0.0214. The van der Waals surface area contributed by atoms with E-state index in [1.165, 1.54) is 0 Å². The summed E-state index contributed by atoms with van der Waals surface area (Å²) in [5, 5.41) is 2.88. The lowest BCUT2D eigenvalue weighted by Gasteiger charge is -2.12. The molecule has 1 aromatic carbocycles. The first-order chi connectivity index (χ1) is 8.95. The normalized spacial score (nSPS) is 12.3. The summed E-state index contributed by atoms with van der Waals surface area (Å²) in [5.41, 5.74) is 7.57. The molecule has 0 bridgehead atoms. The van der Waals surface area contributed by atoms with Crippen LogP contribution in [0.5, 0.6) is 0 Å². The van der Waals surface area contributed by atoms with Crippen LogP contribution in [0.15, 0.2) is 12.1 Å². The van der Waals surface area contributed by atoms with Crippen LogP contribution >= 0.6 is 0 Å². The Hall–Kier alpha value is -1.42. The SMILES string of the molecule is Cc1cc(CNC(=O)C(C)CCCN)cc(C)c1F. The fourth-order valence-corrected chi connectivity index (χ4v) is 2.06. The Morgan fingerprint density at radius 3 is 2.47 bits per heavy atom. The molecule has 106 valence electrons. The third kappa shape index (κ3) is 4.63. The zero-order valence-corrected chi connectivity index (χ0v) is 11.9. The Bertz CT molecular complexity index is 423. The van der Waals surface area contributed by atoms with Crippen molar-refractivity contribution in [3.8, 4) is 0 Å². The number of nitrogens with two attached hydrogens (primary N) is 1. The molecular weight excluding hydrogens is 243 g/mol. The van der Waals surface area contributed by atoms with Gasteiger partial charge < -0.3 is 11.1 Å². The lowest BCUT2D eigenvalue weighted by molar-refractivity contribution is -0.124. The Morgan fingerprint density at radius 1 is 1.37 bits per heavy atom. The van der Waals surface area contributed by atoms with E-state index in [1.807, 2.05) is 6.92 Å². The summed E-state index contributed by atoms with van der Waals surface area (Å²) >= 11 is 0. The highest BCUT2D eigenvalue weighted by Crippen LogP contribution is 2.15. The highest BCUT2D eigenvalue weighted by Gasteiger charge is 2.12. The number of hydrogen-bond donors (Lipinski definition) is 2. The van der Waals surface area contributed by atoms with Crippen LogP contribution in [0.2, 0.25) is 0 Å². The predicted octanol–water partition coefficient (Wildman–Crippen LogP) is 2.43. The molecule has 0 spiro atoms. The van der Waals surface area contributed by atoms with Crippen LogP contribution in [0, 0.1) is 25.6 Å². The van der Waals surface area contributed by atoms with E-state index in [0.717, 1.165) is 18.4 Å². The summed E-state index contributed by atoms with van der Waals surface area (Å²) in [6.07, 6.45) is 1.65. The van der Waals surface area contributed by atoms with Crippen LogP contribution in [0.1, 0.15) is 36.5 Å². The molecule has 0 fully saturated rings. The summed E-state index contributed by atoms with van der Waals surface area (Å²) in [6.45, 7) is 6.41. The Kier molecular flexibility index (Phi) is 5.96. The van der Waals surface area contributed by atoms with Gasteiger partial charge in [0.2, 0.25) is 5.91 Å². The molecule has 3 N–H and O–H groups in total. The van der Waals surface area contributed by atoms with Crippen molar-refractivity contribution < 1.29 is 9.18 Å². The van der Waals surface area contributed by atoms with Crippen LogP contribution in [0.25, 0.3) is 0 Å². The van der Waals surface area contributed by atoms with E-state index in [2.05, 4.69) is 5.32 Å². The number of halogens is 1. The van der Waals surface area contributed by atoms with E-state index in [1.54, 1.807) is 26.0 Å². The molecule has 3 nitrogen and oxygen atoms in total. The molecule has 0 aliphatic heterocycles. The van der Waals surface area contributed by atoms with Crippen LogP contribution in [0.4, 0.5) is 4.39 Å². The van der Waals surface area contributed by atoms with Gasteiger partial charge in [0.1, 0.15) is 5.82 Å². The largest absolute Gasteiger partial charge is 0.352 e. The molecule has 0 saturated carbocycles. The second-order valence-corrected chi connectivity index (χ2v) is 5.09. The second-order valence-electron chi connectivity index (χ2n) is 5.09. The Labute approximate surface area is 114 Å². The molecule has 19 heavy (non-hydrogen) atoms. The number of benzene rings is 1. The molecular formula is C15H23FN2O. The van der Waals surface area contributed by atoms with Gasteiger partial charge in [0.25, 0.3) is 0 Å². The van der Waals surface area contributed by atoms with Crippen LogP contribution in [0.3, 0.4) is 0 Å². The molecule has 1 rings (SSSR count). The van der Waals surface area contributed by atoms with Gasteiger partial charge in [-0.05, 0) is 49.9 Å². The highest BCUT2D eigenvalue weighted by molar-refractivity contribution is 5.78. The number of carbonyl (C=O) groups excluding carboxylic acids is 1. The summed E-state index contributed by atoms with van der Waals surface area (Å²) in [5.74, 6) is -0.189. The van der Waals surface area contributed by atoms with E-state index in [4.69, 9.17) is 5.73 Å². The topological polar surface area (TPSA) is 55.1 Å². The van der Waals surface area contributed by atoms with Gasteiger partial charge in [0.15, 0.2) is 0 Å². The summed E-state index contributed by atoms with van der Waals surface area (Å²) in [6, 6.07) is 3.54. The van der Waals surface area contributed by atoms with E-state index >= 15 is 0 Å². The lowest BCUT2D eigenvalue weighted by atomic mass is 10.0. The third-order valence-corrected chi connectivity index (χ3v) is 3.25. The molecule has 1 atom stereocenters. The zero-order chi connectivity index (χ0) is 14.4. The maximum atomic E-state index is 13.5. The monoisotopic (exact) mass is 266 g/mol. The van der Waals surface area contributed by atoms with E-state index in [9.17, 15) is 9.18 Å². The smallest absolute Gasteiger partial charge is 0.223 e. The van der Waals surface area contributed by atoms with Gasteiger partial charge in [-0.25, -0.2) is 4.39 Å². The van der Waals surface area contributed by atoms with Crippen molar-refractivity contribution in [2.75, 3.05) is 6.54 Å². The quantitative estimate of drug-likeness (QED) is 0.831. The predicted molar refractivity (Wildman–Crippen MR) is 75.2 cm³/mol. The molecule has 1 amide bonds. The van der Waals surface area contributed by atoms with Gasteiger partial charge >= 0.3 is 0 Å². The Balaban J connectivity index is 2.55. The van der Waals surface area contributed by atoms with Crippen molar-refractivity contribution in [2.45, 2.75) is 40.2 Å². The second kappa shape index (κ2) is 7.24. The van der Waals surface area contributed by atoms with Gasteiger partial charge in [0.05, 0.1) is 0 Å². The van der Waals surface area contributed by atoms with Crippen LogP contribution < -0.4 is 11.1 Å². The third-order valence-electron chi connectivity index (χ3n) is 3.25. The first kappa shape index (κ1) is 15.6. The number of amides is 1. The highest BCUT2D eigenvalue weighted by atomic mass is 19.1. The number of carbonyl (C=O) groups is 1. The van der Waals surface area contributed by atoms with Gasteiger partial charge in [-0.2, -0.15) is 0 Å². The maximum Gasteiger partial charge on any atom is 0.223 e. The Morgan fingerprint density at radius 2 is 1.95 bits per heavy atom. The molecule has 0 aliphatic carbocycles. The first-order valence-corrected chi connectivity index (χ1v) is 6.69. The van der Waals surface area contributed by atoms with Crippen molar-refractivity contribution in [2.24, 2.45) is 11.7 Å². The molecule has 0 saturated heterocycles. The van der Waals surface area contributed by atoms with Crippen molar-refractivity contribution in [3.63, 3.8) is 0 Å². The number of nitrogens with one attached hydrogen (secondary N) is 1. The number of hydrogen-bond acceptors (Lipinski definition) is 2. The fourth-order valence-electron chi connectivity index (χ4n) is 2.06. The first-order valence-electron chi connectivity index (χ1n) is 6.69. The molecule has 0 aromatic heterocycles. The van der Waals surface area contributed by atoms with Crippen molar-refractivity contribution in [3.05, 3.63) is 34.6 Å². The van der Waals surface area contributed by atoms with Crippen molar-refractivity contribution in [1.29, 1.82) is 0 Å². The minimum atomic E-state index is -0.175. The average molecular weight is 266 g/mol. The molecule has 0 heterocycles. The molecule has 0 radical (unpaired) electrons. The van der Waals surface area contributed by atoms with Crippen molar-refractivity contribution >= 4 is 5.91 Å². The van der Waals surface area contributed by atoms with Gasteiger partial charge in [-0.1, -0.05) is 19.1 Å². The summed E-state index contributed by atoms with van der Waals surface area (Å²) < 4.78 is 13.5. The minimum Gasteiger partial charge on any atom is -0.352 e. The van der Waals surface area contributed by atoms with E-state index in [-0.39, 0.29) is 17.6 Å².